The molecule has 2 N–H and O–H groups in total. The number of pyridine rings is 1. The van der Waals surface area contributed by atoms with Gasteiger partial charge in [0.05, 0.1) is 6.54 Å². The van der Waals surface area contributed by atoms with Gasteiger partial charge in [0.25, 0.3) is 5.91 Å². The number of carbonyl (C=O) groups excluding carboxylic acids is 1. The fraction of sp³-hybridized carbons (Fsp3) is 0.429. The number of hydrogen-bond donors (Lipinski definition) is 1. The van der Waals surface area contributed by atoms with Crippen LogP contribution in [0, 0.1) is 11.8 Å². The molecule has 0 atom stereocenters. The molecule has 0 spiro atoms. The summed E-state index contributed by atoms with van der Waals surface area (Å²) >= 11 is 1.90. The van der Waals surface area contributed by atoms with Gasteiger partial charge in [-0.25, -0.2) is 4.98 Å². The molecule has 5 heteroatoms. The summed E-state index contributed by atoms with van der Waals surface area (Å²) in [4.78, 5) is 18.4. The fourth-order valence-electron chi connectivity index (χ4n) is 1.86. The number of nitrogens with zero attached hydrogens (tertiary/aromatic N) is 2. The molecule has 1 aliphatic rings. The minimum absolute atomic E-state index is 0.0147. The first kappa shape index (κ1) is 13.9. The van der Waals surface area contributed by atoms with Crippen LogP contribution in [0.2, 0.25) is 0 Å². The van der Waals surface area contributed by atoms with Gasteiger partial charge >= 0.3 is 0 Å². The lowest BCUT2D eigenvalue weighted by Crippen LogP contribution is -2.33. The van der Waals surface area contributed by atoms with Gasteiger partial charge in [0.15, 0.2) is 0 Å². The molecule has 100 valence electrons. The average Bonchev–Trinajstić information content (AvgIpc) is 2.74. The largest absolute Gasteiger partial charge is 0.336 e. The Labute approximate surface area is 117 Å². The van der Waals surface area contributed by atoms with Crippen molar-refractivity contribution in [3.8, 4) is 11.8 Å². The maximum absolute atomic E-state index is 12.3. The Balaban J connectivity index is 2.06. The second kappa shape index (κ2) is 7.17. The van der Waals surface area contributed by atoms with E-state index in [0.29, 0.717) is 12.2 Å². The quantitative estimate of drug-likeness (QED) is 0.776. The van der Waals surface area contributed by atoms with Gasteiger partial charge in [-0.15, -0.1) is 0 Å². The molecule has 0 bridgehead atoms. The Bertz CT molecular complexity index is 482. The van der Waals surface area contributed by atoms with E-state index in [0.717, 1.165) is 36.6 Å². The lowest BCUT2D eigenvalue weighted by Gasteiger charge is -2.19. The highest BCUT2D eigenvalue weighted by atomic mass is 32.2. The molecule has 2 rings (SSSR count). The molecule has 0 aromatic carbocycles. The van der Waals surface area contributed by atoms with Crippen molar-refractivity contribution in [2.45, 2.75) is 6.42 Å². The van der Waals surface area contributed by atoms with Gasteiger partial charge in [-0.3, -0.25) is 4.79 Å². The van der Waals surface area contributed by atoms with Gasteiger partial charge in [-0.2, -0.15) is 11.8 Å². The molecular weight excluding hydrogens is 258 g/mol. The fourth-order valence-corrected chi connectivity index (χ4v) is 2.75. The molecule has 0 saturated carbocycles. The molecule has 1 amide bonds. The van der Waals surface area contributed by atoms with Crippen molar-refractivity contribution in [2.24, 2.45) is 5.73 Å². The maximum Gasteiger partial charge on any atom is 0.272 e. The summed E-state index contributed by atoms with van der Waals surface area (Å²) < 4.78 is 0. The first-order chi connectivity index (χ1) is 9.31. The molecule has 0 aliphatic carbocycles. The van der Waals surface area contributed by atoms with Gasteiger partial charge in [0.1, 0.15) is 5.69 Å². The summed E-state index contributed by atoms with van der Waals surface area (Å²) in [6.07, 6.45) is 2.68. The van der Waals surface area contributed by atoms with E-state index in [4.69, 9.17) is 5.73 Å². The second-order valence-electron chi connectivity index (χ2n) is 4.20. The highest BCUT2D eigenvalue weighted by molar-refractivity contribution is 7.99. The van der Waals surface area contributed by atoms with E-state index in [1.165, 1.54) is 0 Å². The SMILES string of the molecule is NCC#Cc1ccc(C(=O)N2CCCSCC2)nc1. The topological polar surface area (TPSA) is 59.2 Å². The number of thioether (sulfide) groups is 1. The summed E-state index contributed by atoms with van der Waals surface area (Å²) in [5.41, 5.74) is 6.59. The Hall–Kier alpha value is -1.51. The van der Waals surface area contributed by atoms with Crippen molar-refractivity contribution < 1.29 is 4.79 Å². The van der Waals surface area contributed by atoms with E-state index < -0.39 is 0 Å². The first-order valence-electron chi connectivity index (χ1n) is 6.33. The number of amides is 1. The second-order valence-corrected chi connectivity index (χ2v) is 5.42. The smallest absolute Gasteiger partial charge is 0.272 e. The van der Waals surface area contributed by atoms with Crippen molar-refractivity contribution in [3.63, 3.8) is 0 Å². The van der Waals surface area contributed by atoms with E-state index in [1.54, 1.807) is 12.3 Å². The lowest BCUT2D eigenvalue weighted by atomic mass is 10.2. The Morgan fingerprint density at radius 3 is 3.05 bits per heavy atom. The summed E-state index contributed by atoms with van der Waals surface area (Å²) in [5.74, 6) is 7.81. The predicted octanol–water partition coefficient (Wildman–Crippen LogP) is 0.971. The zero-order valence-corrected chi connectivity index (χ0v) is 11.6. The van der Waals surface area contributed by atoms with Crippen molar-refractivity contribution in [3.05, 3.63) is 29.6 Å². The minimum atomic E-state index is 0.0147. The van der Waals surface area contributed by atoms with Crippen LogP contribution in [-0.4, -0.2) is 46.9 Å². The van der Waals surface area contributed by atoms with Gasteiger partial charge < -0.3 is 10.6 Å². The Morgan fingerprint density at radius 1 is 1.42 bits per heavy atom. The summed E-state index contributed by atoms with van der Waals surface area (Å²) in [7, 11) is 0. The number of hydrogen-bond acceptors (Lipinski definition) is 4. The molecular formula is C14H17N3OS. The maximum atomic E-state index is 12.3. The van der Waals surface area contributed by atoms with Crippen molar-refractivity contribution in [2.75, 3.05) is 31.1 Å². The van der Waals surface area contributed by atoms with Crippen LogP contribution < -0.4 is 5.73 Å². The number of rotatable bonds is 1. The monoisotopic (exact) mass is 275 g/mol. The molecule has 1 aliphatic heterocycles. The lowest BCUT2D eigenvalue weighted by molar-refractivity contribution is 0.0762. The van der Waals surface area contributed by atoms with Crippen molar-refractivity contribution in [1.29, 1.82) is 0 Å². The van der Waals surface area contributed by atoms with Crippen LogP contribution in [-0.2, 0) is 0 Å². The van der Waals surface area contributed by atoms with Gasteiger partial charge in [-0.1, -0.05) is 11.8 Å². The van der Waals surface area contributed by atoms with E-state index in [-0.39, 0.29) is 5.91 Å². The van der Waals surface area contributed by atoms with Gasteiger partial charge in [-0.05, 0) is 24.3 Å². The van der Waals surface area contributed by atoms with E-state index >= 15 is 0 Å². The molecule has 4 nitrogen and oxygen atoms in total. The molecule has 1 saturated heterocycles. The Morgan fingerprint density at radius 2 is 2.32 bits per heavy atom. The van der Waals surface area contributed by atoms with Crippen LogP contribution >= 0.6 is 11.8 Å². The molecule has 1 aromatic rings. The van der Waals surface area contributed by atoms with Crippen LogP contribution in [0.4, 0.5) is 0 Å². The third-order valence-corrected chi connectivity index (χ3v) is 3.88. The van der Waals surface area contributed by atoms with E-state index in [9.17, 15) is 4.79 Å². The standard InChI is InChI=1S/C14H17N3OS/c15-6-1-3-12-4-5-13(16-11-12)14(18)17-7-2-9-19-10-8-17/h4-5,11H,2,6-10,15H2. The average molecular weight is 275 g/mol. The van der Waals surface area contributed by atoms with E-state index in [2.05, 4.69) is 16.8 Å². The number of nitrogens with two attached hydrogens (primary N) is 1. The van der Waals surface area contributed by atoms with Crippen LogP contribution in [0.5, 0.6) is 0 Å². The summed E-state index contributed by atoms with van der Waals surface area (Å²) in [6.45, 7) is 1.95. The third-order valence-electron chi connectivity index (χ3n) is 2.83. The van der Waals surface area contributed by atoms with Crippen LogP contribution in [0.3, 0.4) is 0 Å². The Kier molecular flexibility index (Phi) is 5.25. The predicted molar refractivity (Wildman–Crippen MR) is 78.0 cm³/mol. The number of carbonyl (C=O) groups is 1. The molecule has 0 radical (unpaired) electrons. The van der Waals surface area contributed by atoms with Crippen LogP contribution in [0.25, 0.3) is 0 Å². The van der Waals surface area contributed by atoms with Crippen molar-refractivity contribution >= 4 is 17.7 Å². The van der Waals surface area contributed by atoms with Crippen LogP contribution in [0.1, 0.15) is 22.5 Å². The van der Waals surface area contributed by atoms with Crippen LogP contribution in [0.15, 0.2) is 18.3 Å². The summed E-state index contributed by atoms with van der Waals surface area (Å²) in [5, 5.41) is 0. The van der Waals surface area contributed by atoms with Crippen molar-refractivity contribution in [1.82, 2.24) is 9.88 Å². The zero-order valence-electron chi connectivity index (χ0n) is 10.8. The third kappa shape index (κ3) is 3.98. The molecule has 19 heavy (non-hydrogen) atoms. The molecule has 2 heterocycles. The highest BCUT2D eigenvalue weighted by Crippen LogP contribution is 2.12. The van der Waals surface area contributed by atoms with Gasteiger partial charge in [0, 0.05) is 30.6 Å². The molecule has 1 aromatic heterocycles. The summed E-state index contributed by atoms with van der Waals surface area (Å²) in [6, 6.07) is 3.55. The number of aromatic nitrogens is 1. The first-order valence-corrected chi connectivity index (χ1v) is 7.49. The highest BCUT2D eigenvalue weighted by Gasteiger charge is 2.18. The molecule has 0 unspecified atom stereocenters. The van der Waals surface area contributed by atoms with E-state index in [1.807, 2.05) is 22.7 Å². The normalized spacial score (nSPS) is 15.3. The zero-order chi connectivity index (χ0) is 13.5. The minimum Gasteiger partial charge on any atom is -0.336 e. The van der Waals surface area contributed by atoms with Gasteiger partial charge in [0.2, 0.25) is 0 Å². The molecule has 1 fully saturated rings.